The van der Waals surface area contributed by atoms with Crippen molar-refractivity contribution in [3.05, 3.63) is 23.2 Å². The van der Waals surface area contributed by atoms with Crippen LogP contribution in [0.5, 0.6) is 0 Å². The van der Waals surface area contributed by atoms with Gasteiger partial charge in [-0.05, 0) is 65.8 Å². The molecule has 0 saturated carbocycles. The summed E-state index contributed by atoms with van der Waals surface area (Å²) in [5.41, 5.74) is 1.28. The molecule has 0 saturated heterocycles. The Morgan fingerprint density at radius 3 is 2.33 bits per heavy atom. The molecule has 0 aliphatic carbocycles. The molecule has 0 fully saturated rings. The van der Waals surface area contributed by atoms with E-state index < -0.39 is 0 Å². The van der Waals surface area contributed by atoms with E-state index in [4.69, 9.17) is 4.74 Å². The zero-order valence-electron chi connectivity index (χ0n) is 10.8. The minimum Gasteiger partial charge on any atom is -0.467 e. The first-order valence-electron chi connectivity index (χ1n) is 5.73. The van der Waals surface area contributed by atoms with Crippen molar-refractivity contribution in [2.45, 2.75) is 47.0 Å². The average Bonchev–Trinajstić information content (AvgIpc) is 2.21. The molecule has 0 unspecified atom stereocenters. The van der Waals surface area contributed by atoms with Crippen LogP contribution in [0.2, 0.25) is 0 Å². The number of allylic oxidation sites excluding steroid dienone is 4. The average molecular weight is 211 g/mol. The lowest BCUT2D eigenvalue weighted by atomic mass is 10.1. The van der Waals surface area contributed by atoms with Gasteiger partial charge in [-0.25, -0.2) is 0 Å². The van der Waals surface area contributed by atoms with E-state index in [-0.39, 0.29) is 0 Å². The van der Waals surface area contributed by atoms with E-state index in [0.717, 1.165) is 24.5 Å². The summed E-state index contributed by atoms with van der Waals surface area (Å²) in [6.45, 7) is 9.29. The topological polar surface area (TPSA) is 21.3 Å². The van der Waals surface area contributed by atoms with Crippen LogP contribution in [0.3, 0.4) is 0 Å². The number of rotatable bonds is 7. The molecule has 0 amide bonds. The van der Waals surface area contributed by atoms with Gasteiger partial charge in [-0.15, -0.1) is 0 Å². The van der Waals surface area contributed by atoms with E-state index in [1.165, 1.54) is 18.4 Å². The first-order chi connectivity index (χ1) is 7.11. The third-order valence-electron chi connectivity index (χ3n) is 2.33. The monoisotopic (exact) mass is 211 g/mol. The van der Waals surface area contributed by atoms with Gasteiger partial charge in [-0.3, -0.25) is 0 Å². The van der Waals surface area contributed by atoms with Gasteiger partial charge in [0.05, 0.1) is 5.76 Å². The summed E-state index contributed by atoms with van der Waals surface area (Å²) in [6, 6.07) is 0. The molecule has 0 spiro atoms. The second-order valence-corrected chi connectivity index (χ2v) is 3.99. The van der Waals surface area contributed by atoms with E-state index in [1.807, 2.05) is 27.0 Å². The molecular weight excluding hydrogens is 186 g/mol. The molecular formula is C13H25NO. The Bertz CT molecular complexity index is 225. The van der Waals surface area contributed by atoms with Gasteiger partial charge in [0.15, 0.2) is 0 Å². The van der Waals surface area contributed by atoms with Gasteiger partial charge < -0.3 is 10.1 Å². The summed E-state index contributed by atoms with van der Waals surface area (Å²) in [6.07, 6.45) is 5.41. The zero-order valence-corrected chi connectivity index (χ0v) is 10.8. The molecule has 0 aromatic heterocycles. The summed E-state index contributed by atoms with van der Waals surface area (Å²) in [5.74, 6) is 2.11. The molecule has 15 heavy (non-hydrogen) atoms. The first kappa shape index (κ1) is 14.2. The Morgan fingerprint density at radius 2 is 1.87 bits per heavy atom. The number of nitrogens with one attached hydrogen (secondary N) is 1. The second kappa shape index (κ2) is 8.54. The minimum atomic E-state index is 0.986. The predicted molar refractivity (Wildman–Crippen MR) is 66.7 cm³/mol. The highest BCUT2D eigenvalue weighted by atomic mass is 16.5. The lowest BCUT2D eigenvalue weighted by Gasteiger charge is -2.12. The van der Waals surface area contributed by atoms with Crippen molar-refractivity contribution in [1.82, 2.24) is 5.32 Å². The van der Waals surface area contributed by atoms with E-state index in [1.54, 1.807) is 0 Å². The standard InChI is InChI=1S/C13H25NO/c1-6-12(4)15-13(11(2)3)9-7-8-10-14-5/h6,14H,7-10H2,1-5H3/b12-6-. The zero-order chi connectivity index (χ0) is 11.7. The quantitative estimate of drug-likeness (QED) is 0.513. The van der Waals surface area contributed by atoms with Gasteiger partial charge in [0.2, 0.25) is 0 Å². The third kappa shape index (κ3) is 7.20. The lowest BCUT2D eigenvalue weighted by Crippen LogP contribution is -2.07. The van der Waals surface area contributed by atoms with E-state index in [0.29, 0.717) is 0 Å². The number of unbranched alkanes of at least 4 members (excludes halogenated alkanes) is 1. The van der Waals surface area contributed by atoms with Crippen LogP contribution in [0, 0.1) is 0 Å². The number of hydrogen-bond donors (Lipinski definition) is 1. The van der Waals surface area contributed by atoms with Gasteiger partial charge in [-0.2, -0.15) is 0 Å². The smallest absolute Gasteiger partial charge is 0.102 e. The Morgan fingerprint density at radius 1 is 1.20 bits per heavy atom. The van der Waals surface area contributed by atoms with Gasteiger partial charge in [0.1, 0.15) is 5.76 Å². The van der Waals surface area contributed by atoms with Crippen molar-refractivity contribution >= 4 is 0 Å². The summed E-state index contributed by atoms with van der Waals surface area (Å²) < 4.78 is 5.76. The summed E-state index contributed by atoms with van der Waals surface area (Å²) in [4.78, 5) is 0. The van der Waals surface area contributed by atoms with Crippen molar-refractivity contribution in [2.75, 3.05) is 13.6 Å². The molecule has 0 aromatic carbocycles. The van der Waals surface area contributed by atoms with Crippen LogP contribution in [0.4, 0.5) is 0 Å². The molecule has 0 rings (SSSR count). The molecule has 1 N–H and O–H groups in total. The third-order valence-corrected chi connectivity index (χ3v) is 2.33. The molecule has 0 radical (unpaired) electrons. The molecule has 0 aromatic rings. The van der Waals surface area contributed by atoms with Gasteiger partial charge in [-0.1, -0.05) is 0 Å². The fraction of sp³-hybridized carbons (Fsp3) is 0.692. The summed E-state index contributed by atoms with van der Waals surface area (Å²) >= 11 is 0. The number of ether oxygens (including phenoxy) is 1. The molecule has 0 heterocycles. The largest absolute Gasteiger partial charge is 0.467 e. The van der Waals surface area contributed by atoms with Crippen LogP contribution < -0.4 is 5.32 Å². The maximum absolute atomic E-state index is 5.76. The predicted octanol–water partition coefficient (Wildman–Crippen LogP) is 3.61. The Kier molecular flexibility index (Phi) is 8.11. The molecule has 88 valence electrons. The summed E-state index contributed by atoms with van der Waals surface area (Å²) in [5, 5.41) is 3.15. The van der Waals surface area contributed by atoms with E-state index >= 15 is 0 Å². The van der Waals surface area contributed by atoms with Gasteiger partial charge >= 0.3 is 0 Å². The molecule has 0 aliphatic heterocycles. The second-order valence-electron chi connectivity index (χ2n) is 3.99. The van der Waals surface area contributed by atoms with Crippen LogP contribution >= 0.6 is 0 Å². The SMILES string of the molecule is C/C=C(/C)OC(CCCCNC)=C(C)C. The lowest BCUT2D eigenvalue weighted by molar-refractivity contribution is 0.283. The van der Waals surface area contributed by atoms with Crippen LogP contribution in [-0.2, 0) is 4.74 Å². The van der Waals surface area contributed by atoms with Crippen LogP contribution in [-0.4, -0.2) is 13.6 Å². The Balaban J connectivity index is 4.03. The van der Waals surface area contributed by atoms with Crippen LogP contribution in [0.25, 0.3) is 0 Å². The van der Waals surface area contributed by atoms with Crippen molar-refractivity contribution in [2.24, 2.45) is 0 Å². The van der Waals surface area contributed by atoms with Crippen LogP contribution in [0.1, 0.15) is 47.0 Å². The highest BCUT2D eigenvalue weighted by Crippen LogP contribution is 2.17. The highest BCUT2D eigenvalue weighted by Gasteiger charge is 2.02. The number of hydrogen-bond acceptors (Lipinski definition) is 2. The van der Waals surface area contributed by atoms with Crippen molar-refractivity contribution in [3.8, 4) is 0 Å². The Hall–Kier alpha value is -0.760. The van der Waals surface area contributed by atoms with E-state index in [9.17, 15) is 0 Å². The first-order valence-corrected chi connectivity index (χ1v) is 5.73. The normalized spacial score (nSPS) is 11.4. The minimum absolute atomic E-state index is 0.986. The van der Waals surface area contributed by atoms with E-state index in [2.05, 4.69) is 19.2 Å². The Labute approximate surface area is 94.4 Å². The van der Waals surface area contributed by atoms with Crippen molar-refractivity contribution in [3.63, 3.8) is 0 Å². The molecule has 0 atom stereocenters. The molecule has 2 nitrogen and oxygen atoms in total. The van der Waals surface area contributed by atoms with Crippen LogP contribution in [0.15, 0.2) is 23.2 Å². The maximum Gasteiger partial charge on any atom is 0.102 e. The fourth-order valence-corrected chi connectivity index (χ4v) is 1.24. The van der Waals surface area contributed by atoms with Crippen molar-refractivity contribution in [1.29, 1.82) is 0 Å². The fourth-order valence-electron chi connectivity index (χ4n) is 1.24. The van der Waals surface area contributed by atoms with Crippen molar-refractivity contribution < 1.29 is 4.74 Å². The van der Waals surface area contributed by atoms with Gasteiger partial charge in [0.25, 0.3) is 0 Å². The molecule has 2 heteroatoms. The molecule has 0 bridgehead atoms. The molecule has 0 aliphatic rings. The highest BCUT2D eigenvalue weighted by molar-refractivity contribution is 5.06. The maximum atomic E-state index is 5.76. The summed E-state index contributed by atoms with van der Waals surface area (Å²) in [7, 11) is 1.99. The van der Waals surface area contributed by atoms with Gasteiger partial charge in [0, 0.05) is 6.42 Å².